The second kappa shape index (κ2) is 5.17. The molecule has 0 saturated heterocycles. The summed E-state index contributed by atoms with van der Waals surface area (Å²) in [6, 6.07) is 13.4. The first-order valence-corrected chi connectivity index (χ1v) is 6.32. The first-order chi connectivity index (χ1) is 10.3. The zero-order valence-electron chi connectivity index (χ0n) is 10.9. The molecule has 0 aliphatic heterocycles. The Kier molecular flexibility index (Phi) is 3.20. The standard InChI is InChI=1S/C17H10O4/c18-9-11-5-1-2-6-12(11)17-14(10-19)16(20)13-7-3-4-8-15(13)21-17/h1-10H. The minimum atomic E-state index is -0.400. The van der Waals surface area contributed by atoms with E-state index >= 15 is 0 Å². The van der Waals surface area contributed by atoms with Crippen LogP contribution < -0.4 is 5.43 Å². The molecular weight excluding hydrogens is 268 g/mol. The van der Waals surface area contributed by atoms with Crippen LogP contribution >= 0.6 is 0 Å². The average molecular weight is 278 g/mol. The van der Waals surface area contributed by atoms with Gasteiger partial charge in [0.1, 0.15) is 16.9 Å². The highest BCUT2D eigenvalue weighted by atomic mass is 16.3. The molecule has 0 unspecified atom stereocenters. The summed E-state index contributed by atoms with van der Waals surface area (Å²) < 4.78 is 5.70. The van der Waals surface area contributed by atoms with Gasteiger partial charge in [-0.3, -0.25) is 14.4 Å². The molecule has 3 rings (SSSR count). The first-order valence-electron chi connectivity index (χ1n) is 6.32. The third kappa shape index (κ3) is 2.07. The molecule has 0 aliphatic rings. The van der Waals surface area contributed by atoms with Gasteiger partial charge in [0.05, 0.1) is 5.39 Å². The predicted molar refractivity (Wildman–Crippen MR) is 78.7 cm³/mol. The highest BCUT2D eigenvalue weighted by Gasteiger charge is 2.17. The van der Waals surface area contributed by atoms with Crippen molar-refractivity contribution < 1.29 is 14.0 Å². The second-order valence-corrected chi connectivity index (χ2v) is 4.49. The molecule has 0 radical (unpaired) electrons. The molecule has 0 N–H and O–H groups in total. The maximum Gasteiger partial charge on any atom is 0.203 e. The quantitative estimate of drug-likeness (QED) is 0.690. The van der Waals surface area contributed by atoms with Crippen LogP contribution in [0.25, 0.3) is 22.3 Å². The van der Waals surface area contributed by atoms with Crippen molar-refractivity contribution in [3.63, 3.8) is 0 Å². The summed E-state index contributed by atoms with van der Waals surface area (Å²) in [5.74, 6) is 0.122. The lowest BCUT2D eigenvalue weighted by atomic mass is 10.0. The molecule has 1 aromatic heterocycles. The van der Waals surface area contributed by atoms with Crippen molar-refractivity contribution in [1.82, 2.24) is 0 Å². The number of aldehydes is 2. The molecule has 0 spiro atoms. The molecular formula is C17H10O4. The van der Waals surface area contributed by atoms with Gasteiger partial charge in [0.15, 0.2) is 12.6 Å². The van der Waals surface area contributed by atoms with E-state index in [0.29, 0.717) is 34.7 Å². The molecule has 0 bridgehead atoms. The summed E-state index contributed by atoms with van der Waals surface area (Å²) in [4.78, 5) is 34.8. The lowest BCUT2D eigenvalue weighted by Crippen LogP contribution is -2.10. The summed E-state index contributed by atoms with van der Waals surface area (Å²) in [6.45, 7) is 0. The number of carbonyl (C=O) groups is 2. The number of hydrogen-bond donors (Lipinski definition) is 0. The van der Waals surface area contributed by atoms with Gasteiger partial charge in [-0.25, -0.2) is 0 Å². The summed E-state index contributed by atoms with van der Waals surface area (Å²) in [7, 11) is 0. The molecule has 0 amide bonds. The van der Waals surface area contributed by atoms with Crippen LogP contribution in [0.15, 0.2) is 57.7 Å². The molecule has 4 nitrogen and oxygen atoms in total. The summed E-state index contributed by atoms with van der Waals surface area (Å²) in [6.07, 6.45) is 1.13. The maximum atomic E-state index is 12.4. The van der Waals surface area contributed by atoms with Gasteiger partial charge in [-0.15, -0.1) is 0 Å². The smallest absolute Gasteiger partial charge is 0.203 e. The fourth-order valence-corrected chi connectivity index (χ4v) is 2.27. The van der Waals surface area contributed by atoms with Gasteiger partial charge >= 0.3 is 0 Å². The highest BCUT2D eigenvalue weighted by molar-refractivity contribution is 5.95. The van der Waals surface area contributed by atoms with Crippen molar-refractivity contribution in [2.24, 2.45) is 0 Å². The lowest BCUT2D eigenvalue weighted by molar-refractivity contribution is 0.111. The Morgan fingerprint density at radius 3 is 2.33 bits per heavy atom. The Hall–Kier alpha value is -3.01. The molecule has 3 aromatic rings. The fraction of sp³-hybridized carbons (Fsp3) is 0. The monoisotopic (exact) mass is 278 g/mol. The molecule has 21 heavy (non-hydrogen) atoms. The average Bonchev–Trinajstić information content (AvgIpc) is 2.54. The Morgan fingerprint density at radius 1 is 0.857 bits per heavy atom. The Balaban J connectivity index is 2.45. The van der Waals surface area contributed by atoms with E-state index in [2.05, 4.69) is 0 Å². The molecule has 0 fully saturated rings. The van der Waals surface area contributed by atoms with E-state index < -0.39 is 5.43 Å². The number of rotatable bonds is 3. The van der Waals surface area contributed by atoms with Crippen LogP contribution in [0.3, 0.4) is 0 Å². The van der Waals surface area contributed by atoms with E-state index in [0.717, 1.165) is 0 Å². The molecule has 0 atom stereocenters. The molecule has 0 saturated carbocycles. The van der Waals surface area contributed by atoms with Crippen molar-refractivity contribution in [2.45, 2.75) is 0 Å². The highest BCUT2D eigenvalue weighted by Crippen LogP contribution is 2.27. The van der Waals surface area contributed by atoms with Crippen LogP contribution in [0.2, 0.25) is 0 Å². The molecule has 2 aromatic carbocycles. The number of para-hydroxylation sites is 1. The SMILES string of the molecule is O=Cc1ccccc1-c1oc2ccccc2c(=O)c1C=O. The maximum absolute atomic E-state index is 12.4. The minimum Gasteiger partial charge on any atom is -0.455 e. The molecule has 102 valence electrons. The topological polar surface area (TPSA) is 64.3 Å². The number of benzene rings is 2. The Bertz CT molecular complexity index is 906. The molecule has 4 heteroatoms. The van der Waals surface area contributed by atoms with Gasteiger partial charge < -0.3 is 4.42 Å². The van der Waals surface area contributed by atoms with E-state index in [1.165, 1.54) is 0 Å². The second-order valence-electron chi connectivity index (χ2n) is 4.49. The summed E-state index contributed by atoms with van der Waals surface area (Å²) in [5.41, 5.74) is 0.686. The van der Waals surface area contributed by atoms with Crippen LogP contribution in [0.1, 0.15) is 20.7 Å². The Morgan fingerprint density at radius 2 is 1.57 bits per heavy atom. The van der Waals surface area contributed by atoms with Crippen molar-refractivity contribution in [1.29, 1.82) is 0 Å². The summed E-state index contributed by atoms with van der Waals surface area (Å²) in [5, 5.41) is 0.340. The van der Waals surface area contributed by atoms with E-state index in [9.17, 15) is 14.4 Å². The van der Waals surface area contributed by atoms with Crippen LogP contribution in [-0.4, -0.2) is 12.6 Å². The van der Waals surface area contributed by atoms with Crippen molar-refractivity contribution in [3.05, 3.63) is 69.9 Å². The third-order valence-electron chi connectivity index (χ3n) is 3.28. The number of hydrogen-bond acceptors (Lipinski definition) is 4. The van der Waals surface area contributed by atoms with Gasteiger partial charge in [-0.2, -0.15) is 0 Å². The van der Waals surface area contributed by atoms with E-state index in [-0.39, 0.29) is 11.3 Å². The van der Waals surface area contributed by atoms with Crippen LogP contribution in [0, 0.1) is 0 Å². The van der Waals surface area contributed by atoms with Crippen molar-refractivity contribution >= 4 is 23.5 Å². The number of fused-ring (bicyclic) bond motifs is 1. The van der Waals surface area contributed by atoms with E-state index in [4.69, 9.17) is 4.42 Å². The normalized spacial score (nSPS) is 10.5. The molecule has 0 aliphatic carbocycles. The fourth-order valence-electron chi connectivity index (χ4n) is 2.27. The lowest BCUT2D eigenvalue weighted by Gasteiger charge is -2.08. The molecule has 1 heterocycles. The van der Waals surface area contributed by atoms with Gasteiger partial charge in [0.25, 0.3) is 0 Å². The Labute approximate surface area is 119 Å². The largest absolute Gasteiger partial charge is 0.455 e. The number of carbonyl (C=O) groups excluding carboxylic acids is 2. The van der Waals surface area contributed by atoms with Crippen LogP contribution in [0.4, 0.5) is 0 Å². The van der Waals surface area contributed by atoms with Gasteiger partial charge in [0, 0.05) is 11.1 Å². The van der Waals surface area contributed by atoms with Crippen molar-refractivity contribution in [2.75, 3.05) is 0 Å². The van der Waals surface area contributed by atoms with Gasteiger partial charge in [-0.05, 0) is 12.1 Å². The first kappa shape index (κ1) is 13.0. The zero-order chi connectivity index (χ0) is 14.8. The van der Waals surface area contributed by atoms with E-state index in [1.54, 1.807) is 48.5 Å². The zero-order valence-corrected chi connectivity index (χ0v) is 10.9. The van der Waals surface area contributed by atoms with Crippen LogP contribution in [0.5, 0.6) is 0 Å². The summed E-state index contributed by atoms with van der Waals surface area (Å²) >= 11 is 0. The third-order valence-corrected chi connectivity index (χ3v) is 3.28. The van der Waals surface area contributed by atoms with Crippen LogP contribution in [-0.2, 0) is 0 Å². The van der Waals surface area contributed by atoms with Crippen molar-refractivity contribution in [3.8, 4) is 11.3 Å². The minimum absolute atomic E-state index is 0.0806. The van der Waals surface area contributed by atoms with Gasteiger partial charge in [0.2, 0.25) is 5.43 Å². The van der Waals surface area contributed by atoms with E-state index in [1.807, 2.05) is 0 Å². The predicted octanol–water partition coefficient (Wildman–Crippen LogP) is 3.09. The van der Waals surface area contributed by atoms with Gasteiger partial charge in [-0.1, -0.05) is 36.4 Å².